The quantitative estimate of drug-likeness (QED) is 0.931. The van der Waals surface area contributed by atoms with Gasteiger partial charge in [-0.3, -0.25) is 0 Å². The summed E-state index contributed by atoms with van der Waals surface area (Å²) in [7, 11) is 0. The average Bonchev–Trinajstić information content (AvgIpc) is 2.81. The van der Waals surface area contributed by atoms with Gasteiger partial charge in [-0.15, -0.1) is 10.2 Å². The van der Waals surface area contributed by atoms with E-state index in [1.807, 2.05) is 4.57 Å². The fourth-order valence-corrected chi connectivity index (χ4v) is 2.53. The van der Waals surface area contributed by atoms with Gasteiger partial charge in [0.25, 0.3) is 0 Å². The minimum absolute atomic E-state index is 0.0748. The molecule has 0 spiro atoms. The summed E-state index contributed by atoms with van der Waals surface area (Å²) in [6.45, 7) is 8.37. The normalized spacial score (nSPS) is 11.8. The molecule has 0 saturated carbocycles. The summed E-state index contributed by atoms with van der Waals surface area (Å²) in [6.07, 6.45) is 1.77. The first-order valence-corrected chi connectivity index (χ1v) is 7.02. The van der Waals surface area contributed by atoms with Gasteiger partial charge in [0.15, 0.2) is 5.82 Å². The van der Waals surface area contributed by atoms with Crippen LogP contribution >= 0.6 is 0 Å². The first kappa shape index (κ1) is 14.7. The van der Waals surface area contributed by atoms with Crippen molar-refractivity contribution in [3.8, 4) is 0 Å². The monoisotopic (exact) mass is 273 g/mol. The molecule has 20 heavy (non-hydrogen) atoms. The molecule has 0 saturated heterocycles. The first-order chi connectivity index (χ1) is 9.43. The van der Waals surface area contributed by atoms with Crippen LogP contribution in [0.2, 0.25) is 0 Å². The second-order valence-corrected chi connectivity index (χ2v) is 6.12. The van der Waals surface area contributed by atoms with Gasteiger partial charge in [0.2, 0.25) is 0 Å². The maximum Gasteiger partial charge on any atom is 0.159 e. The summed E-state index contributed by atoms with van der Waals surface area (Å²) in [6, 6.07) is 8.40. The lowest BCUT2D eigenvalue weighted by Crippen LogP contribution is -2.26. The second-order valence-electron chi connectivity index (χ2n) is 6.12. The van der Waals surface area contributed by atoms with Gasteiger partial charge in [0.05, 0.1) is 0 Å². The van der Waals surface area contributed by atoms with Crippen molar-refractivity contribution in [3.63, 3.8) is 0 Å². The van der Waals surface area contributed by atoms with Gasteiger partial charge in [0, 0.05) is 12.0 Å². The Hall–Kier alpha value is -1.68. The standard InChI is InChI=1S/C16H23N3O/c1-12-7-5-6-8-13(12)9-10-14-17-18-15(11-20)19(14)16(2,3)4/h5-8,20H,9-11H2,1-4H3. The van der Waals surface area contributed by atoms with Crippen molar-refractivity contribution in [2.45, 2.75) is 52.7 Å². The van der Waals surface area contributed by atoms with E-state index in [0.717, 1.165) is 18.7 Å². The number of aryl methyl sites for hydroxylation is 3. The van der Waals surface area contributed by atoms with Gasteiger partial charge >= 0.3 is 0 Å². The lowest BCUT2D eigenvalue weighted by Gasteiger charge is -2.24. The highest BCUT2D eigenvalue weighted by Crippen LogP contribution is 2.20. The smallest absolute Gasteiger partial charge is 0.159 e. The highest BCUT2D eigenvalue weighted by atomic mass is 16.3. The van der Waals surface area contributed by atoms with Crippen LogP contribution in [-0.2, 0) is 25.0 Å². The third-order valence-electron chi connectivity index (χ3n) is 3.49. The maximum atomic E-state index is 9.40. The van der Waals surface area contributed by atoms with Crippen LogP contribution in [0.1, 0.15) is 43.5 Å². The van der Waals surface area contributed by atoms with Crippen LogP contribution in [0.5, 0.6) is 0 Å². The van der Waals surface area contributed by atoms with Crippen LogP contribution in [0.3, 0.4) is 0 Å². The SMILES string of the molecule is Cc1ccccc1CCc1nnc(CO)n1C(C)(C)C. The van der Waals surface area contributed by atoms with Gasteiger partial charge in [-0.1, -0.05) is 24.3 Å². The summed E-state index contributed by atoms with van der Waals surface area (Å²) in [5, 5.41) is 17.8. The minimum Gasteiger partial charge on any atom is -0.388 e. The molecule has 0 atom stereocenters. The molecule has 0 fully saturated rings. The van der Waals surface area contributed by atoms with Gasteiger partial charge in [-0.2, -0.15) is 0 Å². The van der Waals surface area contributed by atoms with Gasteiger partial charge in [-0.25, -0.2) is 0 Å². The fourth-order valence-electron chi connectivity index (χ4n) is 2.53. The topological polar surface area (TPSA) is 50.9 Å². The van der Waals surface area contributed by atoms with Crippen molar-refractivity contribution >= 4 is 0 Å². The van der Waals surface area contributed by atoms with Crippen molar-refractivity contribution < 1.29 is 5.11 Å². The van der Waals surface area contributed by atoms with Gasteiger partial charge < -0.3 is 9.67 Å². The molecule has 0 aliphatic rings. The number of hydrogen-bond acceptors (Lipinski definition) is 3. The molecule has 1 aromatic carbocycles. The van der Waals surface area contributed by atoms with Gasteiger partial charge in [-0.05, 0) is 45.2 Å². The number of nitrogens with zero attached hydrogens (tertiary/aromatic N) is 3. The minimum atomic E-state index is -0.122. The van der Waals surface area contributed by atoms with E-state index < -0.39 is 0 Å². The van der Waals surface area contributed by atoms with Crippen molar-refractivity contribution in [1.29, 1.82) is 0 Å². The van der Waals surface area contributed by atoms with E-state index >= 15 is 0 Å². The number of aliphatic hydroxyl groups is 1. The van der Waals surface area contributed by atoms with Crippen LogP contribution in [0.25, 0.3) is 0 Å². The number of benzene rings is 1. The molecule has 1 heterocycles. The summed E-state index contributed by atoms with van der Waals surface area (Å²) in [4.78, 5) is 0. The third kappa shape index (κ3) is 3.07. The highest BCUT2D eigenvalue weighted by molar-refractivity contribution is 5.26. The van der Waals surface area contributed by atoms with Crippen molar-refractivity contribution in [3.05, 3.63) is 47.0 Å². The number of aromatic nitrogens is 3. The van der Waals surface area contributed by atoms with Crippen LogP contribution in [0.15, 0.2) is 24.3 Å². The van der Waals surface area contributed by atoms with E-state index in [1.54, 1.807) is 0 Å². The Bertz CT molecular complexity index is 582. The Kier molecular flexibility index (Phi) is 4.23. The number of hydrogen-bond donors (Lipinski definition) is 1. The zero-order chi connectivity index (χ0) is 14.8. The Labute approximate surface area is 120 Å². The molecule has 2 rings (SSSR count). The maximum absolute atomic E-state index is 9.40. The molecular weight excluding hydrogens is 250 g/mol. The molecule has 4 heteroatoms. The molecule has 0 aliphatic carbocycles. The highest BCUT2D eigenvalue weighted by Gasteiger charge is 2.22. The van der Waals surface area contributed by atoms with Gasteiger partial charge in [0.1, 0.15) is 12.4 Å². The Morgan fingerprint density at radius 3 is 2.30 bits per heavy atom. The molecule has 108 valence electrons. The van der Waals surface area contributed by atoms with Crippen molar-refractivity contribution in [2.24, 2.45) is 0 Å². The van der Waals surface area contributed by atoms with Crippen LogP contribution in [-0.4, -0.2) is 19.9 Å². The molecule has 1 aromatic heterocycles. The fraction of sp³-hybridized carbons (Fsp3) is 0.500. The van der Waals surface area contributed by atoms with E-state index in [4.69, 9.17) is 0 Å². The Morgan fingerprint density at radius 2 is 1.70 bits per heavy atom. The van der Waals surface area contributed by atoms with E-state index in [9.17, 15) is 5.11 Å². The zero-order valence-electron chi connectivity index (χ0n) is 12.7. The third-order valence-corrected chi connectivity index (χ3v) is 3.49. The summed E-state index contributed by atoms with van der Waals surface area (Å²) < 4.78 is 2.05. The second kappa shape index (κ2) is 5.75. The van der Waals surface area contributed by atoms with E-state index in [1.165, 1.54) is 11.1 Å². The number of aliphatic hydroxyl groups excluding tert-OH is 1. The molecule has 0 aliphatic heterocycles. The number of rotatable bonds is 4. The zero-order valence-corrected chi connectivity index (χ0v) is 12.7. The van der Waals surface area contributed by atoms with Crippen molar-refractivity contribution in [2.75, 3.05) is 0 Å². The molecule has 2 aromatic rings. The molecule has 4 nitrogen and oxygen atoms in total. The molecule has 1 N–H and O–H groups in total. The average molecular weight is 273 g/mol. The van der Waals surface area contributed by atoms with E-state index in [2.05, 4.69) is 62.2 Å². The summed E-state index contributed by atoms with van der Waals surface area (Å²) in [5.41, 5.74) is 2.51. The molecular formula is C16H23N3O. The van der Waals surface area contributed by atoms with Crippen LogP contribution in [0.4, 0.5) is 0 Å². The first-order valence-electron chi connectivity index (χ1n) is 7.02. The largest absolute Gasteiger partial charge is 0.388 e. The van der Waals surface area contributed by atoms with Crippen LogP contribution in [0, 0.1) is 6.92 Å². The predicted molar refractivity (Wildman–Crippen MR) is 79.5 cm³/mol. The summed E-state index contributed by atoms with van der Waals surface area (Å²) >= 11 is 0. The molecule has 0 bridgehead atoms. The van der Waals surface area contributed by atoms with E-state index in [0.29, 0.717) is 5.82 Å². The van der Waals surface area contributed by atoms with Crippen molar-refractivity contribution in [1.82, 2.24) is 14.8 Å². The Balaban J connectivity index is 2.22. The molecule has 0 radical (unpaired) electrons. The lowest BCUT2D eigenvalue weighted by molar-refractivity contribution is 0.247. The van der Waals surface area contributed by atoms with Crippen LogP contribution < -0.4 is 0 Å². The summed E-state index contributed by atoms with van der Waals surface area (Å²) in [5.74, 6) is 1.57. The predicted octanol–water partition coefficient (Wildman–Crippen LogP) is 2.62. The molecule has 0 amide bonds. The van der Waals surface area contributed by atoms with E-state index in [-0.39, 0.29) is 12.1 Å². The molecule has 0 unspecified atom stereocenters. The Morgan fingerprint density at radius 1 is 1.05 bits per heavy atom. The lowest BCUT2D eigenvalue weighted by atomic mass is 10.0.